The Bertz CT molecular complexity index is 717. The molecule has 154 valence electrons. The highest BCUT2D eigenvalue weighted by atomic mass is 32.2. The summed E-state index contributed by atoms with van der Waals surface area (Å²) in [6.07, 6.45) is 2.82. The van der Waals surface area contributed by atoms with E-state index in [0.717, 1.165) is 24.2 Å². The summed E-state index contributed by atoms with van der Waals surface area (Å²) < 4.78 is 23.9. The van der Waals surface area contributed by atoms with Gasteiger partial charge in [-0.15, -0.1) is 0 Å². The van der Waals surface area contributed by atoms with Gasteiger partial charge in [0.1, 0.15) is 17.5 Å². The molecule has 3 amide bonds. The molecule has 2 aliphatic rings. The second kappa shape index (κ2) is 7.77. The molecule has 0 saturated carbocycles. The number of amides is 3. The van der Waals surface area contributed by atoms with E-state index in [1.54, 1.807) is 0 Å². The molecule has 2 fully saturated rings. The lowest BCUT2D eigenvalue weighted by atomic mass is 9.95. The molecule has 27 heavy (non-hydrogen) atoms. The van der Waals surface area contributed by atoms with E-state index in [1.165, 1.54) is 13.8 Å². The largest absolute Gasteiger partial charge is 0.354 e. The van der Waals surface area contributed by atoms with Crippen molar-refractivity contribution < 1.29 is 22.8 Å². The zero-order chi connectivity index (χ0) is 20.6. The number of sulfone groups is 1. The molecule has 0 spiro atoms. The predicted octanol–water partition coefficient (Wildman–Crippen LogP) is 0.568. The lowest BCUT2D eigenvalue weighted by Crippen LogP contribution is -2.62. The molecular formula is C18H31N3O5S. The summed E-state index contributed by atoms with van der Waals surface area (Å²) in [5, 5.41) is 4.58. The van der Waals surface area contributed by atoms with Crippen LogP contribution in [0.5, 0.6) is 0 Å². The van der Waals surface area contributed by atoms with Gasteiger partial charge in [0.05, 0.1) is 11.2 Å². The first-order valence-electron chi connectivity index (χ1n) is 9.59. The molecule has 0 aromatic carbocycles. The van der Waals surface area contributed by atoms with Crippen LogP contribution in [0.4, 0.5) is 0 Å². The minimum absolute atomic E-state index is 0.0823. The smallest absolute Gasteiger partial charge is 0.245 e. The monoisotopic (exact) mass is 401 g/mol. The Morgan fingerprint density at radius 3 is 2.41 bits per heavy atom. The van der Waals surface area contributed by atoms with Gasteiger partial charge in [-0.05, 0) is 26.2 Å². The van der Waals surface area contributed by atoms with Crippen molar-refractivity contribution in [2.45, 2.75) is 82.5 Å². The average Bonchev–Trinajstić information content (AvgIpc) is 2.69. The van der Waals surface area contributed by atoms with E-state index in [-0.39, 0.29) is 24.2 Å². The Morgan fingerprint density at radius 2 is 1.89 bits per heavy atom. The third-order valence-corrected chi connectivity index (χ3v) is 8.35. The number of fused-ring (bicyclic) bond motifs is 1. The van der Waals surface area contributed by atoms with Gasteiger partial charge in [-0.2, -0.15) is 0 Å². The summed E-state index contributed by atoms with van der Waals surface area (Å²) in [6, 6.07) is -1.91. The van der Waals surface area contributed by atoms with E-state index in [4.69, 9.17) is 0 Å². The van der Waals surface area contributed by atoms with E-state index in [1.807, 2.05) is 13.8 Å². The summed E-state index contributed by atoms with van der Waals surface area (Å²) in [4.78, 5) is 38.5. The minimum atomic E-state index is -3.65. The molecule has 3 atom stereocenters. The highest BCUT2D eigenvalue weighted by Gasteiger charge is 2.67. The van der Waals surface area contributed by atoms with Crippen molar-refractivity contribution in [1.82, 2.24) is 15.5 Å². The molecule has 2 N–H and O–H groups in total. The van der Waals surface area contributed by atoms with Crippen molar-refractivity contribution in [3.63, 3.8) is 0 Å². The van der Waals surface area contributed by atoms with Crippen LogP contribution in [0.3, 0.4) is 0 Å². The van der Waals surface area contributed by atoms with E-state index in [2.05, 4.69) is 17.6 Å². The summed E-state index contributed by atoms with van der Waals surface area (Å²) >= 11 is 0. The van der Waals surface area contributed by atoms with Crippen molar-refractivity contribution in [1.29, 1.82) is 0 Å². The van der Waals surface area contributed by atoms with Gasteiger partial charge in [0.2, 0.25) is 17.7 Å². The molecule has 2 heterocycles. The van der Waals surface area contributed by atoms with Crippen LogP contribution >= 0.6 is 0 Å². The van der Waals surface area contributed by atoms with Gasteiger partial charge < -0.3 is 15.5 Å². The predicted molar refractivity (Wildman–Crippen MR) is 101 cm³/mol. The van der Waals surface area contributed by atoms with E-state index in [9.17, 15) is 22.8 Å². The quantitative estimate of drug-likeness (QED) is 0.456. The number of hydrogen-bond acceptors (Lipinski definition) is 5. The minimum Gasteiger partial charge on any atom is -0.354 e. The van der Waals surface area contributed by atoms with Gasteiger partial charge in [0, 0.05) is 6.54 Å². The number of carbonyl (C=O) groups is 3. The normalized spacial score (nSPS) is 26.3. The van der Waals surface area contributed by atoms with Crippen LogP contribution in [0, 0.1) is 5.92 Å². The number of nitrogens with one attached hydrogen (secondary N) is 2. The Balaban J connectivity index is 2.13. The van der Waals surface area contributed by atoms with Crippen molar-refractivity contribution in [3.05, 3.63) is 0 Å². The molecule has 8 nitrogen and oxygen atoms in total. The van der Waals surface area contributed by atoms with Crippen LogP contribution in [-0.4, -0.2) is 59.8 Å². The molecule has 3 unspecified atom stereocenters. The van der Waals surface area contributed by atoms with Crippen molar-refractivity contribution in [2.24, 2.45) is 5.92 Å². The maximum absolute atomic E-state index is 12.9. The van der Waals surface area contributed by atoms with Crippen LogP contribution < -0.4 is 10.6 Å². The van der Waals surface area contributed by atoms with Crippen molar-refractivity contribution in [2.75, 3.05) is 6.54 Å². The fraction of sp³-hybridized carbons (Fsp3) is 0.833. The second-order valence-electron chi connectivity index (χ2n) is 8.24. The Kier molecular flexibility index (Phi) is 6.23. The van der Waals surface area contributed by atoms with Crippen LogP contribution in [0.15, 0.2) is 0 Å². The molecule has 2 aliphatic heterocycles. The molecule has 2 saturated heterocycles. The number of carbonyl (C=O) groups excluding carboxylic acids is 3. The Labute approximate surface area is 161 Å². The van der Waals surface area contributed by atoms with E-state index < -0.39 is 37.9 Å². The fourth-order valence-corrected chi connectivity index (χ4v) is 5.85. The second-order valence-corrected chi connectivity index (χ2v) is 10.9. The lowest BCUT2D eigenvalue weighted by molar-refractivity contribution is -0.150. The van der Waals surface area contributed by atoms with Gasteiger partial charge >= 0.3 is 0 Å². The van der Waals surface area contributed by atoms with Crippen molar-refractivity contribution >= 4 is 27.6 Å². The molecule has 2 rings (SSSR count). The topological polar surface area (TPSA) is 113 Å². The first-order chi connectivity index (χ1) is 12.5. The summed E-state index contributed by atoms with van der Waals surface area (Å²) in [6.45, 7) is 9.15. The summed E-state index contributed by atoms with van der Waals surface area (Å²) in [7, 11) is -3.65. The van der Waals surface area contributed by atoms with Crippen LogP contribution in [-0.2, 0) is 24.2 Å². The molecule has 0 aliphatic carbocycles. The molecule has 9 heteroatoms. The van der Waals surface area contributed by atoms with Crippen LogP contribution in [0.1, 0.15) is 60.3 Å². The standard InChI is InChI=1S/C18H31N3O5S/c1-6-7-8-9-19-16(23)14(11(2)3)20-17(24)15-18(4,5)27(25,26)13-10-12(22)21(13)15/h11,13-15H,6-10H2,1-5H3,(H,19,23)(H,20,24). The molecule has 0 bridgehead atoms. The first-order valence-corrected chi connectivity index (χ1v) is 11.1. The molecular weight excluding hydrogens is 370 g/mol. The summed E-state index contributed by atoms with van der Waals surface area (Å²) in [5.74, 6) is -1.41. The lowest BCUT2D eigenvalue weighted by Gasteiger charge is -2.37. The van der Waals surface area contributed by atoms with Crippen LogP contribution in [0.25, 0.3) is 0 Å². The number of β-lactam (4-membered cyclic amide) rings is 1. The van der Waals surface area contributed by atoms with Gasteiger partial charge in [-0.25, -0.2) is 8.42 Å². The Hall–Kier alpha value is -1.64. The highest BCUT2D eigenvalue weighted by molar-refractivity contribution is 7.93. The van der Waals surface area contributed by atoms with Crippen molar-refractivity contribution in [3.8, 4) is 0 Å². The molecule has 0 aromatic heterocycles. The van der Waals surface area contributed by atoms with E-state index in [0.29, 0.717) is 6.54 Å². The fourth-order valence-electron chi connectivity index (χ4n) is 3.72. The molecule has 0 radical (unpaired) electrons. The zero-order valence-electron chi connectivity index (χ0n) is 16.7. The van der Waals surface area contributed by atoms with Gasteiger partial charge in [-0.1, -0.05) is 33.6 Å². The Morgan fingerprint density at radius 1 is 1.26 bits per heavy atom. The maximum Gasteiger partial charge on any atom is 0.245 e. The first kappa shape index (κ1) is 21.7. The van der Waals surface area contributed by atoms with Gasteiger partial charge in [0.25, 0.3) is 0 Å². The third kappa shape index (κ3) is 3.70. The third-order valence-electron chi connectivity index (χ3n) is 5.55. The number of hydrogen-bond donors (Lipinski definition) is 2. The van der Waals surface area contributed by atoms with Crippen LogP contribution in [0.2, 0.25) is 0 Å². The molecule has 0 aromatic rings. The number of nitrogens with zero attached hydrogens (tertiary/aromatic N) is 1. The van der Waals surface area contributed by atoms with Gasteiger partial charge in [0.15, 0.2) is 9.84 Å². The summed E-state index contributed by atoms with van der Waals surface area (Å²) in [5.41, 5.74) is 0. The number of unbranched alkanes of at least 4 members (excludes halogenated alkanes) is 2. The van der Waals surface area contributed by atoms with Gasteiger partial charge in [-0.3, -0.25) is 14.4 Å². The highest BCUT2D eigenvalue weighted by Crippen LogP contribution is 2.45. The van der Waals surface area contributed by atoms with E-state index >= 15 is 0 Å². The average molecular weight is 402 g/mol. The maximum atomic E-state index is 12.9. The SMILES string of the molecule is CCCCCNC(=O)C(NC(=O)C1N2C(=O)CC2S(=O)(=O)C1(C)C)C(C)C. The zero-order valence-corrected chi connectivity index (χ0v) is 17.6. The number of rotatable bonds is 8.